The Morgan fingerprint density at radius 1 is 1.00 bits per heavy atom. The summed E-state index contributed by atoms with van der Waals surface area (Å²) in [5.41, 5.74) is -0.468. The molecule has 0 bridgehead atoms. The third-order valence-electron chi connectivity index (χ3n) is 3.95. The predicted octanol–water partition coefficient (Wildman–Crippen LogP) is 0.593. The van der Waals surface area contributed by atoms with Crippen LogP contribution >= 0.6 is 0 Å². The summed E-state index contributed by atoms with van der Waals surface area (Å²) in [6.45, 7) is 0. The van der Waals surface area contributed by atoms with Crippen molar-refractivity contribution < 1.29 is 9.59 Å². The minimum absolute atomic E-state index is 0.00667. The zero-order chi connectivity index (χ0) is 8.40. The van der Waals surface area contributed by atoms with Gasteiger partial charge in [-0.25, -0.2) is 0 Å². The van der Waals surface area contributed by atoms with Gasteiger partial charge in [0.05, 0.1) is 10.8 Å². The van der Waals surface area contributed by atoms with Crippen molar-refractivity contribution >= 4 is 11.8 Å². The van der Waals surface area contributed by atoms with Gasteiger partial charge in [-0.1, -0.05) is 12.8 Å². The number of carbonyl (C=O) groups excluding carboxylic acids is 2. The van der Waals surface area contributed by atoms with Gasteiger partial charge in [-0.15, -0.1) is 0 Å². The van der Waals surface area contributed by atoms with Gasteiger partial charge >= 0.3 is 0 Å². The van der Waals surface area contributed by atoms with Gasteiger partial charge in [-0.3, -0.25) is 14.9 Å². The molecule has 1 saturated heterocycles. The fraction of sp³-hybridized carbons (Fsp3) is 0.778. The summed E-state index contributed by atoms with van der Waals surface area (Å²) >= 11 is 0. The molecule has 3 fully saturated rings. The van der Waals surface area contributed by atoms with E-state index in [4.69, 9.17) is 0 Å². The molecule has 0 spiro atoms. The molecule has 0 aromatic rings. The standard InChI is InChI=1S/C9H11NO2/c11-6-8-3-1-2-4-9(8,5-8)7(12)10-6/h1-5H2,(H,10,11,12). The molecule has 2 unspecified atom stereocenters. The molecular weight excluding hydrogens is 154 g/mol. The number of nitrogens with one attached hydrogen (secondary N) is 1. The largest absolute Gasteiger partial charge is 0.295 e. The Morgan fingerprint density at radius 2 is 1.50 bits per heavy atom. The monoisotopic (exact) mass is 165 g/mol. The normalized spacial score (nSPS) is 49.7. The van der Waals surface area contributed by atoms with Gasteiger partial charge in [0, 0.05) is 0 Å². The first kappa shape index (κ1) is 6.63. The van der Waals surface area contributed by atoms with Crippen molar-refractivity contribution in [3.05, 3.63) is 0 Å². The van der Waals surface area contributed by atoms with Gasteiger partial charge in [-0.2, -0.15) is 0 Å². The quantitative estimate of drug-likeness (QED) is 0.534. The second-order valence-electron chi connectivity index (χ2n) is 4.33. The third kappa shape index (κ3) is 0.439. The maximum Gasteiger partial charge on any atom is 0.233 e. The van der Waals surface area contributed by atoms with Crippen LogP contribution in [0.1, 0.15) is 32.1 Å². The van der Waals surface area contributed by atoms with Gasteiger partial charge in [0.1, 0.15) is 0 Å². The Morgan fingerprint density at radius 3 is 2.00 bits per heavy atom. The molecule has 3 nitrogen and oxygen atoms in total. The Hall–Kier alpha value is -0.860. The molecule has 0 aromatic carbocycles. The van der Waals surface area contributed by atoms with Gasteiger partial charge < -0.3 is 0 Å². The van der Waals surface area contributed by atoms with E-state index in [1.54, 1.807) is 0 Å². The molecule has 1 N–H and O–H groups in total. The van der Waals surface area contributed by atoms with Crippen LogP contribution in [0.3, 0.4) is 0 Å². The Balaban J connectivity index is 2.09. The highest BCUT2D eigenvalue weighted by atomic mass is 16.2. The number of piperidine rings is 1. The van der Waals surface area contributed by atoms with Crippen LogP contribution in [0.15, 0.2) is 0 Å². The molecule has 2 amide bonds. The average Bonchev–Trinajstić information content (AvgIpc) is 2.69. The molecule has 3 rings (SSSR count). The van der Waals surface area contributed by atoms with E-state index in [0.29, 0.717) is 0 Å². The number of carbonyl (C=O) groups is 2. The Kier molecular flexibility index (Phi) is 0.875. The predicted molar refractivity (Wildman–Crippen MR) is 41.1 cm³/mol. The summed E-state index contributed by atoms with van der Waals surface area (Å²) in [4.78, 5) is 22.9. The van der Waals surface area contributed by atoms with E-state index in [-0.39, 0.29) is 22.6 Å². The zero-order valence-electron chi connectivity index (χ0n) is 6.85. The van der Waals surface area contributed by atoms with Crippen LogP contribution in [0.2, 0.25) is 0 Å². The number of hydrogen-bond acceptors (Lipinski definition) is 2. The first-order valence-electron chi connectivity index (χ1n) is 4.57. The summed E-state index contributed by atoms with van der Waals surface area (Å²) in [6, 6.07) is 0. The van der Waals surface area contributed by atoms with Crippen LogP contribution < -0.4 is 5.32 Å². The van der Waals surface area contributed by atoms with Crippen molar-refractivity contribution in [2.45, 2.75) is 32.1 Å². The maximum absolute atomic E-state index is 11.4. The minimum Gasteiger partial charge on any atom is -0.295 e. The lowest BCUT2D eigenvalue weighted by Gasteiger charge is -2.19. The van der Waals surface area contributed by atoms with Crippen molar-refractivity contribution in [2.75, 3.05) is 0 Å². The first-order chi connectivity index (χ1) is 5.71. The molecule has 3 aliphatic rings. The lowest BCUT2D eigenvalue weighted by atomic mass is 9.81. The smallest absolute Gasteiger partial charge is 0.233 e. The number of hydrogen-bond donors (Lipinski definition) is 1. The van der Waals surface area contributed by atoms with E-state index in [0.717, 1.165) is 32.1 Å². The molecule has 12 heavy (non-hydrogen) atoms. The van der Waals surface area contributed by atoms with E-state index >= 15 is 0 Å². The van der Waals surface area contributed by atoms with Gasteiger partial charge in [0.15, 0.2) is 0 Å². The van der Waals surface area contributed by atoms with Crippen LogP contribution in [0.5, 0.6) is 0 Å². The molecule has 3 heteroatoms. The molecule has 1 aliphatic heterocycles. The van der Waals surface area contributed by atoms with Gasteiger partial charge in [0.2, 0.25) is 11.8 Å². The highest BCUT2D eigenvalue weighted by Gasteiger charge is 2.79. The molecular formula is C9H11NO2. The van der Waals surface area contributed by atoms with Crippen LogP contribution in [0, 0.1) is 10.8 Å². The average molecular weight is 165 g/mol. The Labute approximate surface area is 70.5 Å². The van der Waals surface area contributed by atoms with Crippen LogP contribution in [0.4, 0.5) is 0 Å². The fourth-order valence-electron chi connectivity index (χ4n) is 3.14. The molecule has 2 aliphatic carbocycles. The zero-order valence-corrected chi connectivity index (χ0v) is 6.85. The van der Waals surface area contributed by atoms with Gasteiger partial charge in [0.25, 0.3) is 0 Å². The summed E-state index contributed by atoms with van der Waals surface area (Å²) in [7, 11) is 0. The lowest BCUT2D eigenvalue weighted by molar-refractivity contribution is -0.129. The van der Waals surface area contributed by atoms with Crippen LogP contribution in [-0.4, -0.2) is 11.8 Å². The molecule has 1 heterocycles. The number of rotatable bonds is 0. The second-order valence-corrected chi connectivity index (χ2v) is 4.33. The molecule has 64 valence electrons. The molecule has 2 saturated carbocycles. The van der Waals surface area contributed by atoms with Crippen molar-refractivity contribution in [1.29, 1.82) is 0 Å². The summed E-state index contributed by atoms with van der Waals surface area (Å²) < 4.78 is 0. The number of amides is 2. The summed E-state index contributed by atoms with van der Waals surface area (Å²) in [6.07, 6.45) is 4.94. The van der Waals surface area contributed by atoms with Crippen LogP contribution in [-0.2, 0) is 9.59 Å². The first-order valence-corrected chi connectivity index (χ1v) is 4.57. The van der Waals surface area contributed by atoms with E-state index in [2.05, 4.69) is 5.32 Å². The summed E-state index contributed by atoms with van der Waals surface area (Å²) in [5.74, 6) is 0.0133. The third-order valence-corrected chi connectivity index (χ3v) is 3.95. The molecule has 2 atom stereocenters. The number of imide groups is 1. The van der Waals surface area contributed by atoms with E-state index < -0.39 is 0 Å². The van der Waals surface area contributed by atoms with Crippen molar-refractivity contribution in [1.82, 2.24) is 5.32 Å². The highest BCUT2D eigenvalue weighted by Crippen LogP contribution is 2.73. The minimum atomic E-state index is -0.234. The summed E-state index contributed by atoms with van der Waals surface area (Å²) in [5, 5.41) is 2.46. The topological polar surface area (TPSA) is 46.2 Å². The SMILES string of the molecule is O=C1NC(=O)C23CCCCC12C3. The maximum atomic E-state index is 11.4. The van der Waals surface area contributed by atoms with E-state index in [9.17, 15) is 9.59 Å². The Bertz CT molecular complexity index is 271. The van der Waals surface area contributed by atoms with E-state index in [1.165, 1.54) is 0 Å². The van der Waals surface area contributed by atoms with E-state index in [1.807, 2.05) is 0 Å². The molecule has 0 radical (unpaired) electrons. The van der Waals surface area contributed by atoms with Gasteiger partial charge in [-0.05, 0) is 19.3 Å². The molecule has 0 aromatic heterocycles. The van der Waals surface area contributed by atoms with Crippen molar-refractivity contribution in [3.8, 4) is 0 Å². The van der Waals surface area contributed by atoms with Crippen LogP contribution in [0.25, 0.3) is 0 Å². The fourth-order valence-corrected chi connectivity index (χ4v) is 3.14. The lowest BCUT2D eigenvalue weighted by Crippen LogP contribution is -2.28. The second kappa shape index (κ2) is 1.58. The van der Waals surface area contributed by atoms with Crippen molar-refractivity contribution in [3.63, 3.8) is 0 Å². The highest BCUT2D eigenvalue weighted by molar-refractivity contribution is 6.14. The van der Waals surface area contributed by atoms with Crippen molar-refractivity contribution in [2.24, 2.45) is 10.8 Å².